The van der Waals surface area contributed by atoms with E-state index in [1.54, 1.807) is 25.1 Å². The first-order valence-corrected chi connectivity index (χ1v) is 9.32. The smallest absolute Gasteiger partial charge is 0.269 e. The van der Waals surface area contributed by atoms with Crippen LogP contribution in [0.25, 0.3) is 10.9 Å². The summed E-state index contributed by atoms with van der Waals surface area (Å²) in [6, 6.07) is 12.4. The van der Waals surface area contributed by atoms with Crippen molar-refractivity contribution >= 4 is 51.6 Å². The average Bonchev–Trinajstić information content (AvgIpc) is 2.98. The molecule has 1 atom stereocenters. The molecule has 0 saturated heterocycles. The van der Waals surface area contributed by atoms with Crippen molar-refractivity contribution in [2.75, 3.05) is 5.32 Å². The second kappa shape index (κ2) is 8.03. The molecule has 0 spiro atoms. The Balaban J connectivity index is 1.74. The average molecular weight is 404 g/mol. The second-order valence-electron chi connectivity index (χ2n) is 6.22. The Morgan fingerprint density at radius 2 is 1.81 bits per heavy atom. The molecule has 1 aromatic heterocycles. The first kappa shape index (κ1) is 19.3. The highest BCUT2D eigenvalue weighted by Crippen LogP contribution is 2.30. The summed E-state index contributed by atoms with van der Waals surface area (Å²) in [5, 5.41) is 7.32. The molecule has 7 heteroatoms. The van der Waals surface area contributed by atoms with Gasteiger partial charge < -0.3 is 15.6 Å². The van der Waals surface area contributed by atoms with Crippen LogP contribution in [0.15, 0.2) is 42.5 Å². The van der Waals surface area contributed by atoms with Crippen LogP contribution in [-0.2, 0) is 4.79 Å². The van der Waals surface area contributed by atoms with E-state index >= 15 is 0 Å². The number of fused-ring (bicyclic) bond motifs is 1. The van der Waals surface area contributed by atoms with Gasteiger partial charge in [-0.3, -0.25) is 9.59 Å². The minimum Gasteiger partial charge on any atom is -0.349 e. The van der Waals surface area contributed by atoms with Gasteiger partial charge in [0.05, 0.1) is 11.1 Å². The van der Waals surface area contributed by atoms with Gasteiger partial charge in [-0.15, -0.1) is 0 Å². The number of benzene rings is 2. The van der Waals surface area contributed by atoms with Crippen molar-refractivity contribution in [2.45, 2.75) is 26.3 Å². The minimum absolute atomic E-state index is 0.0438. The van der Waals surface area contributed by atoms with Crippen molar-refractivity contribution in [1.29, 1.82) is 0 Å². The molecule has 3 aromatic rings. The predicted molar refractivity (Wildman–Crippen MR) is 110 cm³/mol. The third-order valence-electron chi connectivity index (χ3n) is 4.29. The number of H-pyrrole nitrogens is 1. The molecule has 0 fully saturated rings. The lowest BCUT2D eigenvalue weighted by Crippen LogP contribution is -2.27. The zero-order valence-corrected chi connectivity index (χ0v) is 16.4. The number of nitrogens with one attached hydrogen (secondary N) is 3. The van der Waals surface area contributed by atoms with Crippen LogP contribution in [0, 0.1) is 0 Å². The van der Waals surface area contributed by atoms with Gasteiger partial charge in [-0.05, 0) is 42.8 Å². The van der Waals surface area contributed by atoms with Crippen LogP contribution in [0.3, 0.4) is 0 Å². The fourth-order valence-electron chi connectivity index (χ4n) is 2.74. The summed E-state index contributed by atoms with van der Waals surface area (Å²) in [7, 11) is 0. The van der Waals surface area contributed by atoms with Gasteiger partial charge >= 0.3 is 0 Å². The quantitative estimate of drug-likeness (QED) is 0.539. The van der Waals surface area contributed by atoms with E-state index in [0.717, 1.165) is 16.8 Å². The van der Waals surface area contributed by atoms with Gasteiger partial charge in [0, 0.05) is 28.0 Å². The third-order valence-corrected chi connectivity index (χ3v) is 4.92. The SMILES string of the molecule is CCC(=O)Nc1ccc(C(C)NC(=O)c2[nH]c3ccc(Cl)cc3c2Cl)cc1. The van der Waals surface area contributed by atoms with Crippen molar-refractivity contribution in [3.8, 4) is 0 Å². The zero-order valence-electron chi connectivity index (χ0n) is 14.9. The second-order valence-corrected chi connectivity index (χ2v) is 7.04. The van der Waals surface area contributed by atoms with Crippen molar-refractivity contribution in [2.24, 2.45) is 0 Å². The van der Waals surface area contributed by atoms with Crippen LogP contribution in [0.5, 0.6) is 0 Å². The number of rotatable bonds is 5. The number of carbonyl (C=O) groups excluding carboxylic acids is 2. The minimum atomic E-state index is -0.303. The Labute approximate surface area is 167 Å². The maximum Gasteiger partial charge on any atom is 0.269 e. The first-order valence-electron chi connectivity index (χ1n) is 8.56. The first-order chi connectivity index (χ1) is 12.9. The molecule has 0 saturated carbocycles. The van der Waals surface area contributed by atoms with Gasteiger partial charge in [-0.2, -0.15) is 0 Å². The summed E-state index contributed by atoms with van der Waals surface area (Å²) in [6.45, 7) is 3.68. The summed E-state index contributed by atoms with van der Waals surface area (Å²) in [5.41, 5.74) is 2.68. The Morgan fingerprint density at radius 1 is 1.11 bits per heavy atom. The molecule has 0 radical (unpaired) electrons. The van der Waals surface area contributed by atoms with Crippen molar-refractivity contribution in [3.63, 3.8) is 0 Å². The van der Waals surface area contributed by atoms with Crippen LogP contribution in [0.2, 0.25) is 10.0 Å². The molecule has 0 aliphatic carbocycles. The number of carbonyl (C=O) groups is 2. The lowest BCUT2D eigenvalue weighted by Gasteiger charge is -2.15. The Hall–Kier alpha value is -2.50. The summed E-state index contributed by atoms with van der Waals surface area (Å²) in [6.07, 6.45) is 0.421. The van der Waals surface area contributed by atoms with Gasteiger partial charge in [0.2, 0.25) is 5.91 Å². The molecule has 3 N–H and O–H groups in total. The molecule has 0 aliphatic heterocycles. The van der Waals surface area contributed by atoms with Gasteiger partial charge in [-0.1, -0.05) is 42.3 Å². The lowest BCUT2D eigenvalue weighted by molar-refractivity contribution is -0.115. The number of aromatic amines is 1. The number of anilines is 1. The number of aromatic nitrogens is 1. The highest BCUT2D eigenvalue weighted by atomic mass is 35.5. The Kier molecular flexibility index (Phi) is 5.73. The van der Waals surface area contributed by atoms with Crippen molar-refractivity contribution < 1.29 is 9.59 Å². The number of amides is 2. The van der Waals surface area contributed by atoms with Gasteiger partial charge in [0.25, 0.3) is 5.91 Å². The maximum atomic E-state index is 12.6. The molecule has 3 rings (SSSR count). The molecule has 0 bridgehead atoms. The highest BCUT2D eigenvalue weighted by molar-refractivity contribution is 6.39. The normalized spacial score (nSPS) is 12.0. The van der Waals surface area contributed by atoms with Crippen LogP contribution < -0.4 is 10.6 Å². The summed E-state index contributed by atoms with van der Waals surface area (Å²) in [4.78, 5) is 27.1. The van der Waals surface area contributed by atoms with E-state index < -0.39 is 0 Å². The molecule has 2 amide bonds. The van der Waals surface area contributed by atoms with E-state index in [1.165, 1.54) is 0 Å². The van der Waals surface area contributed by atoms with Crippen LogP contribution >= 0.6 is 23.2 Å². The molecule has 2 aromatic carbocycles. The lowest BCUT2D eigenvalue weighted by atomic mass is 10.1. The monoisotopic (exact) mass is 403 g/mol. The standard InChI is InChI=1S/C20H19Cl2N3O2/c1-3-17(26)24-14-7-4-12(5-8-14)11(2)23-20(27)19-18(22)15-10-13(21)6-9-16(15)25-19/h4-11,25H,3H2,1-2H3,(H,23,27)(H,24,26). The van der Waals surface area contributed by atoms with Crippen molar-refractivity contribution in [3.05, 3.63) is 63.8 Å². The van der Waals surface area contributed by atoms with E-state index in [1.807, 2.05) is 31.2 Å². The molecule has 27 heavy (non-hydrogen) atoms. The third kappa shape index (κ3) is 4.26. The number of hydrogen-bond acceptors (Lipinski definition) is 2. The Morgan fingerprint density at radius 3 is 2.48 bits per heavy atom. The largest absolute Gasteiger partial charge is 0.349 e. The van der Waals surface area contributed by atoms with Crippen LogP contribution in [0.1, 0.15) is 42.4 Å². The van der Waals surface area contributed by atoms with E-state index in [2.05, 4.69) is 15.6 Å². The summed E-state index contributed by atoms with van der Waals surface area (Å²) >= 11 is 12.3. The highest BCUT2D eigenvalue weighted by Gasteiger charge is 2.19. The molecule has 1 heterocycles. The van der Waals surface area contributed by atoms with E-state index in [4.69, 9.17) is 23.2 Å². The predicted octanol–water partition coefficient (Wildman–Crippen LogP) is 5.31. The summed E-state index contributed by atoms with van der Waals surface area (Å²) in [5.74, 6) is -0.346. The van der Waals surface area contributed by atoms with E-state index in [-0.39, 0.29) is 17.9 Å². The molecule has 0 aliphatic rings. The van der Waals surface area contributed by atoms with Crippen LogP contribution in [0.4, 0.5) is 5.69 Å². The van der Waals surface area contributed by atoms with Gasteiger partial charge in [0.1, 0.15) is 5.69 Å². The zero-order chi connectivity index (χ0) is 19.6. The molecular formula is C20H19Cl2N3O2. The Bertz CT molecular complexity index is 996. The molecule has 5 nitrogen and oxygen atoms in total. The fraction of sp³-hybridized carbons (Fsp3) is 0.200. The maximum absolute atomic E-state index is 12.6. The topological polar surface area (TPSA) is 74.0 Å². The van der Waals surface area contributed by atoms with Crippen molar-refractivity contribution in [1.82, 2.24) is 10.3 Å². The van der Waals surface area contributed by atoms with E-state index in [9.17, 15) is 9.59 Å². The van der Waals surface area contributed by atoms with Gasteiger partial charge in [0.15, 0.2) is 0 Å². The fourth-order valence-corrected chi connectivity index (χ4v) is 3.21. The molecular weight excluding hydrogens is 385 g/mol. The number of halogens is 2. The molecule has 1 unspecified atom stereocenters. The number of hydrogen-bond donors (Lipinski definition) is 3. The molecule has 140 valence electrons. The van der Waals surface area contributed by atoms with Gasteiger partial charge in [-0.25, -0.2) is 0 Å². The summed E-state index contributed by atoms with van der Waals surface area (Å²) < 4.78 is 0. The van der Waals surface area contributed by atoms with E-state index in [0.29, 0.717) is 27.5 Å². The van der Waals surface area contributed by atoms with Crippen LogP contribution in [-0.4, -0.2) is 16.8 Å².